The molecule has 5 fully saturated rings. The molecule has 0 aromatic rings. The minimum Gasteiger partial charge on any atom is -0.481 e. The van der Waals surface area contributed by atoms with Crippen LogP contribution in [-0.4, -0.2) is 119 Å². The van der Waals surface area contributed by atoms with Gasteiger partial charge in [0.15, 0.2) is 0 Å². The third kappa shape index (κ3) is 10.3. The van der Waals surface area contributed by atoms with Crippen LogP contribution in [0.4, 0.5) is 0 Å². The highest BCUT2D eigenvalue weighted by Gasteiger charge is 2.69. The molecular formula is C39H65BN6O11. The first-order chi connectivity index (χ1) is 26.5. The van der Waals surface area contributed by atoms with Crippen molar-refractivity contribution in [1.29, 1.82) is 0 Å². The zero-order valence-electron chi connectivity index (χ0n) is 35.0. The molecule has 0 aromatic heterocycles. The van der Waals surface area contributed by atoms with E-state index in [-0.39, 0.29) is 41.3 Å². The van der Waals surface area contributed by atoms with Crippen molar-refractivity contribution in [2.24, 2.45) is 40.2 Å². The van der Waals surface area contributed by atoms with E-state index in [9.17, 15) is 38.7 Å². The number of hydrogen-bond donors (Lipinski definition) is 7. The molecule has 0 spiro atoms. The van der Waals surface area contributed by atoms with Gasteiger partial charge in [-0.05, 0) is 67.6 Å². The normalized spacial score (nSPS) is 27.5. The highest BCUT2D eigenvalue weighted by atomic mass is 16.7. The van der Waals surface area contributed by atoms with Crippen LogP contribution in [0.1, 0.15) is 114 Å². The largest absolute Gasteiger partial charge is 0.481 e. The highest BCUT2D eigenvalue weighted by molar-refractivity contribution is 6.47. The number of nitrogens with one attached hydrogen (secondary N) is 4. The van der Waals surface area contributed by atoms with Crippen LogP contribution in [0, 0.1) is 34.5 Å². The zero-order valence-corrected chi connectivity index (χ0v) is 35.0. The molecule has 57 heavy (non-hydrogen) atoms. The van der Waals surface area contributed by atoms with Gasteiger partial charge in [-0.1, -0.05) is 62.3 Å². The number of rotatable bonds is 19. The summed E-state index contributed by atoms with van der Waals surface area (Å²) in [6.07, 6.45) is 1.94. The van der Waals surface area contributed by atoms with Crippen LogP contribution in [0.2, 0.25) is 0 Å². The number of aliphatic carboxylic acids is 2. The van der Waals surface area contributed by atoms with Crippen LogP contribution in [-0.2, 0) is 42.9 Å². The second-order valence-electron chi connectivity index (χ2n) is 18.5. The molecule has 3 saturated carbocycles. The van der Waals surface area contributed by atoms with Gasteiger partial charge < -0.3 is 51.4 Å². The van der Waals surface area contributed by atoms with Crippen molar-refractivity contribution in [3.63, 3.8) is 0 Å². The molecule has 3 aliphatic carbocycles. The Kier molecular flexibility index (Phi) is 14.9. The number of carboxylic acid groups (broad SMARTS) is 2. The molecule has 5 aliphatic rings. The fourth-order valence-electron chi connectivity index (χ4n) is 9.09. The monoisotopic (exact) mass is 804 g/mol. The lowest BCUT2D eigenvalue weighted by molar-refractivity contribution is -0.220. The van der Waals surface area contributed by atoms with Crippen molar-refractivity contribution in [3.8, 4) is 0 Å². The molecule has 2 saturated heterocycles. The van der Waals surface area contributed by atoms with E-state index in [1.54, 1.807) is 27.7 Å². The number of carbonyl (C=O) groups is 7. The van der Waals surface area contributed by atoms with Gasteiger partial charge >= 0.3 is 19.1 Å². The van der Waals surface area contributed by atoms with Crippen LogP contribution in [0.3, 0.4) is 0 Å². The number of amides is 5. The standard InChI is InChI=1S/C39H65BN6O11/c1-19(2)15-27(40-56-26-16-22-18-39(9,32(26)57-40)38(22,7)8)43-35(53)25-11-10-14-46(25)37(55)31(21(5)6)45-36(54)30(20(3)4)44-34(52)24(12-13-28(47)48)42-33(51)23(41)17-29(49)50/h19-27,30-32H,10-18,41H2,1-9H3,(H,42,51)(H,43,53)(H,44,52)(H,45,54)(H,47,48)(H,49,50)/t22-,23+,24+,25+,26-,27+,30+,31+,32-,39-/m1/s1. The maximum Gasteiger partial charge on any atom is 0.481 e. The quantitative estimate of drug-likeness (QED) is 0.0910. The van der Waals surface area contributed by atoms with Gasteiger partial charge in [-0.25, -0.2) is 0 Å². The predicted octanol–water partition coefficient (Wildman–Crippen LogP) is 1.21. The fraction of sp³-hybridized carbons (Fsp3) is 0.821. The molecule has 17 nitrogen and oxygen atoms in total. The summed E-state index contributed by atoms with van der Waals surface area (Å²) in [5.74, 6) is -6.49. The van der Waals surface area contributed by atoms with Crippen LogP contribution >= 0.6 is 0 Å². The van der Waals surface area contributed by atoms with Crippen LogP contribution in [0.5, 0.6) is 0 Å². The van der Waals surface area contributed by atoms with Crippen LogP contribution in [0.25, 0.3) is 0 Å². The molecule has 5 rings (SSSR count). The number of nitrogens with zero attached hydrogens (tertiary/aromatic N) is 1. The van der Waals surface area contributed by atoms with Gasteiger partial charge in [0.25, 0.3) is 0 Å². The molecule has 2 bridgehead atoms. The molecule has 18 heteroatoms. The summed E-state index contributed by atoms with van der Waals surface area (Å²) in [6, 6.07) is -6.01. The van der Waals surface area contributed by atoms with E-state index in [1.807, 2.05) is 0 Å². The second kappa shape index (κ2) is 18.4. The Labute approximate surface area is 336 Å². The van der Waals surface area contributed by atoms with E-state index in [0.29, 0.717) is 31.7 Å². The topological polar surface area (TPSA) is 256 Å². The van der Waals surface area contributed by atoms with Gasteiger partial charge in [0, 0.05) is 18.4 Å². The third-order valence-electron chi connectivity index (χ3n) is 12.9. The first-order valence-corrected chi connectivity index (χ1v) is 20.5. The number of carbonyl (C=O) groups excluding carboxylic acids is 5. The average Bonchev–Trinajstić information content (AvgIpc) is 3.78. The maximum atomic E-state index is 14.2. The Balaban J connectivity index is 1.44. The Morgan fingerprint density at radius 3 is 2.04 bits per heavy atom. The second-order valence-corrected chi connectivity index (χ2v) is 18.5. The smallest absolute Gasteiger partial charge is 0.481 e. The first kappa shape index (κ1) is 45.9. The molecular weight excluding hydrogens is 739 g/mol. The molecule has 10 atom stereocenters. The summed E-state index contributed by atoms with van der Waals surface area (Å²) in [5, 5.41) is 29.1. The average molecular weight is 805 g/mol. The minimum absolute atomic E-state index is 0.0144. The summed E-state index contributed by atoms with van der Waals surface area (Å²) >= 11 is 0. The number of nitrogens with two attached hydrogens (primary N) is 1. The van der Waals surface area contributed by atoms with Crippen molar-refractivity contribution >= 4 is 48.6 Å². The fourth-order valence-corrected chi connectivity index (χ4v) is 9.09. The van der Waals surface area contributed by atoms with Gasteiger partial charge in [-0.3, -0.25) is 33.6 Å². The van der Waals surface area contributed by atoms with Gasteiger partial charge in [-0.15, -0.1) is 0 Å². The molecule has 2 aliphatic heterocycles. The summed E-state index contributed by atoms with van der Waals surface area (Å²) in [4.78, 5) is 92.0. The first-order valence-electron chi connectivity index (χ1n) is 20.5. The highest BCUT2D eigenvalue weighted by Crippen LogP contribution is 2.69. The summed E-state index contributed by atoms with van der Waals surface area (Å²) < 4.78 is 13.2. The lowest BCUT2D eigenvalue weighted by atomic mass is 9.39. The molecule has 0 unspecified atom stereocenters. The third-order valence-corrected chi connectivity index (χ3v) is 12.9. The lowest BCUT2D eigenvalue weighted by Crippen LogP contribution is -2.66. The molecule has 5 amide bonds. The van der Waals surface area contributed by atoms with Gasteiger partial charge in [0.2, 0.25) is 29.5 Å². The van der Waals surface area contributed by atoms with Crippen molar-refractivity contribution in [3.05, 3.63) is 0 Å². The van der Waals surface area contributed by atoms with E-state index in [0.717, 1.165) is 12.8 Å². The zero-order chi connectivity index (χ0) is 42.7. The van der Waals surface area contributed by atoms with Crippen LogP contribution < -0.4 is 27.0 Å². The Hall–Kier alpha value is -3.77. The number of carboxylic acids is 2. The van der Waals surface area contributed by atoms with Crippen molar-refractivity contribution < 1.29 is 53.1 Å². The van der Waals surface area contributed by atoms with Crippen molar-refractivity contribution in [2.45, 2.75) is 162 Å². The molecule has 0 aromatic carbocycles. The van der Waals surface area contributed by atoms with Crippen molar-refractivity contribution in [1.82, 2.24) is 26.2 Å². The van der Waals surface area contributed by atoms with E-state index in [1.165, 1.54) is 4.90 Å². The molecule has 320 valence electrons. The van der Waals surface area contributed by atoms with Crippen LogP contribution in [0.15, 0.2) is 0 Å². The lowest BCUT2D eigenvalue weighted by Gasteiger charge is -2.67. The van der Waals surface area contributed by atoms with E-state index in [2.05, 4.69) is 55.9 Å². The summed E-state index contributed by atoms with van der Waals surface area (Å²) in [6.45, 7) is 18.2. The molecule has 0 radical (unpaired) electrons. The maximum absolute atomic E-state index is 14.2. The van der Waals surface area contributed by atoms with Gasteiger partial charge in [0.1, 0.15) is 24.2 Å². The summed E-state index contributed by atoms with van der Waals surface area (Å²) in [5.41, 5.74) is 5.77. The van der Waals surface area contributed by atoms with E-state index in [4.69, 9.17) is 20.1 Å². The number of likely N-dealkylation sites (tertiary alicyclic amines) is 1. The van der Waals surface area contributed by atoms with Crippen molar-refractivity contribution in [2.75, 3.05) is 6.54 Å². The minimum atomic E-state index is -1.50. The predicted molar refractivity (Wildman–Crippen MR) is 209 cm³/mol. The summed E-state index contributed by atoms with van der Waals surface area (Å²) in [7, 11) is -0.617. The Morgan fingerprint density at radius 2 is 1.47 bits per heavy atom. The molecule has 8 N–H and O–H groups in total. The van der Waals surface area contributed by atoms with E-state index >= 15 is 0 Å². The number of hydrogen-bond acceptors (Lipinski definition) is 10. The van der Waals surface area contributed by atoms with Gasteiger partial charge in [-0.2, -0.15) is 0 Å². The Morgan fingerprint density at radius 1 is 0.842 bits per heavy atom. The SMILES string of the molecule is CC(C)C[C@H](NC(=O)[C@@H]1CCCN1C(=O)[C@@H](NC(=O)[C@@H](NC(=O)[C@H](CCC(=O)O)NC(=O)[C@@H](N)CC(=O)O)C(C)C)C(C)C)B1O[C@@H]2[C@@H](C[C@@H]3C[C@@]2(C)C3(C)C)O1. The van der Waals surface area contributed by atoms with E-state index < -0.39 is 104 Å². The van der Waals surface area contributed by atoms with Gasteiger partial charge in [0.05, 0.1) is 30.6 Å². The Bertz CT molecular complexity index is 1540. The molecule has 2 heterocycles.